The first-order valence-corrected chi connectivity index (χ1v) is 17.0. The number of carbonyl (C=O) groups is 1. The van der Waals surface area contributed by atoms with Crippen LogP contribution in [0.3, 0.4) is 0 Å². The lowest BCUT2D eigenvalue weighted by Gasteiger charge is -2.41. The third-order valence-corrected chi connectivity index (χ3v) is 8.24. The highest BCUT2D eigenvalue weighted by Gasteiger charge is 2.36. The summed E-state index contributed by atoms with van der Waals surface area (Å²) in [7, 11) is -1.25. The van der Waals surface area contributed by atoms with E-state index in [2.05, 4.69) is 30.8 Å². The van der Waals surface area contributed by atoms with Crippen molar-refractivity contribution in [1.29, 1.82) is 5.26 Å². The molecule has 1 aliphatic heterocycles. The number of hydrogen-bond donors (Lipinski definition) is 1. The van der Waals surface area contributed by atoms with Crippen molar-refractivity contribution in [2.45, 2.75) is 71.3 Å². The van der Waals surface area contributed by atoms with Gasteiger partial charge in [0, 0.05) is 21.2 Å². The normalized spacial score (nSPS) is 15.6. The molecule has 0 bridgehead atoms. The van der Waals surface area contributed by atoms with Crippen LogP contribution >= 0.6 is 0 Å². The molecule has 10 heteroatoms. The number of likely N-dealkylation sites (tertiary alicyclic amines) is 1. The highest BCUT2D eigenvalue weighted by molar-refractivity contribution is 6.76. The predicted molar refractivity (Wildman–Crippen MR) is 152 cm³/mol. The molecule has 0 aliphatic carbocycles. The Morgan fingerprint density at radius 1 is 1.18 bits per heavy atom. The third-order valence-electron chi connectivity index (χ3n) is 6.54. The molecular formula is C29H38N4O5Si. The Morgan fingerprint density at radius 3 is 2.49 bits per heavy atom. The van der Waals surface area contributed by atoms with Crippen molar-refractivity contribution >= 4 is 25.1 Å². The summed E-state index contributed by atoms with van der Waals surface area (Å²) in [6, 6.07) is 13.9. The van der Waals surface area contributed by atoms with Crippen molar-refractivity contribution in [3.05, 3.63) is 42.1 Å². The molecule has 2 heterocycles. The van der Waals surface area contributed by atoms with E-state index in [0.29, 0.717) is 24.3 Å². The summed E-state index contributed by atoms with van der Waals surface area (Å²) in [6.45, 7) is 14.1. The lowest BCUT2D eigenvalue weighted by molar-refractivity contribution is -0.0140. The van der Waals surface area contributed by atoms with Crippen molar-refractivity contribution in [3.63, 3.8) is 0 Å². The zero-order valence-corrected chi connectivity index (χ0v) is 24.7. The van der Waals surface area contributed by atoms with Gasteiger partial charge >= 0.3 is 6.09 Å². The summed E-state index contributed by atoms with van der Waals surface area (Å²) in [4.78, 5) is 14.3. The molecule has 1 aliphatic rings. The second kappa shape index (κ2) is 11.3. The zero-order valence-electron chi connectivity index (χ0n) is 23.7. The molecule has 39 heavy (non-hydrogen) atoms. The summed E-state index contributed by atoms with van der Waals surface area (Å²) in [5.74, 6) is 0.688. The molecule has 1 aromatic heterocycles. The van der Waals surface area contributed by atoms with Crippen LogP contribution in [-0.4, -0.2) is 65.4 Å². The molecule has 1 unspecified atom stereocenters. The van der Waals surface area contributed by atoms with E-state index >= 15 is 0 Å². The summed E-state index contributed by atoms with van der Waals surface area (Å²) >= 11 is 0. The van der Waals surface area contributed by atoms with Gasteiger partial charge in [0.1, 0.15) is 36.5 Å². The second-order valence-corrected chi connectivity index (χ2v) is 17.8. The van der Waals surface area contributed by atoms with E-state index in [9.17, 15) is 15.2 Å². The molecule has 1 N–H and O–H groups in total. The van der Waals surface area contributed by atoms with Gasteiger partial charge in [-0.2, -0.15) is 10.4 Å². The van der Waals surface area contributed by atoms with E-state index in [1.165, 1.54) is 0 Å². The number of fused-ring (bicyclic) bond motifs is 1. The number of benzene rings is 2. The summed E-state index contributed by atoms with van der Waals surface area (Å²) < 4.78 is 19.5. The van der Waals surface area contributed by atoms with Crippen LogP contribution in [0.2, 0.25) is 25.7 Å². The molecule has 1 fully saturated rings. The SMILES string of the molecule is CC(C)(C)OC(=O)N1CCC1COc1cc(-c2ccc(O)cc2)cc2c1c(C#N)nn2COCC[Si](C)(C)C. The van der Waals surface area contributed by atoms with Gasteiger partial charge in [0.2, 0.25) is 0 Å². The van der Waals surface area contributed by atoms with E-state index in [4.69, 9.17) is 14.2 Å². The van der Waals surface area contributed by atoms with Crippen LogP contribution in [-0.2, 0) is 16.2 Å². The first-order valence-electron chi connectivity index (χ1n) is 13.3. The van der Waals surface area contributed by atoms with Crippen molar-refractivity contribution in [1.82, 2.24) is 14.7 Å². The van der Waals surface area contributed by atoms with Crippen LogP contribution in [0.1, 0.15) is 32.9 Å². The zero-order chi connectivity index (χ0) is 28.4. The van der Waals surface area contributed by atoms with Gasteiger partial charge in [0.25, 0.3) is 0 Å². The lowest BCUT2D eigenvalue weighted by atomic mass is 10.0. The summed E-state index contributed by atoms with van der Waals surface area (Å²) in [6.07, 6.45) is 0.446. The fourth-order valence-corrected chi connectivity index (χ4v) is 5.03. The fourth-order valence-electron chi connectivity index (χ4n) is 4.27. The highest BCUT2D eigenvalue weighted by Crippen LogP contribution is 2.36. The highest BCUT2D eigenvalue weighted by atomic mass is 28.3. The Kier molecular flexibility index (Phi) is 8.23. The number of nitrogens with zero attached hydrogens (tertiary/aromatic N) is 4. The van der Waals surface area contributed by atoms with Crippen LogP contribution in [0, 0.1) is 11.3 Å². The minimum absolute atomic E-state index is 0.127. The Bertz CT molecular complexity index is 1370. The minimum atomic E-state index is -1.25. The molecule has 1 saturated heterocycles. The van der Waals surface area contributed by atoms with Crippen LogP contribution < -0.4 is 4.74 Å². The van der Waals surface area contributed by atoms with E-state index < -0.39 is 13.7 Å². The first-order chi connectivity index (χ1) is 18.3. The average molecular weight is 551 g/mol. The molecule has 1 atom stereocenters. The van der Waals surface area contributed by atoms with Crippen LogP contribution in [0.15, 0.2) is 36.4 Å². The van der Waals surface area contributed by atoms with Crippen LogP contribution in [0.25, 0.3) is 22.0 Å². The molecular weight excluding hydrogens is 512 g/mol. The van der Waals surface area contributed by atoms with Crippen LogP contribution in [0.5, 0.6) is 11.5 Å². The van der Waals surface area contributed by atoms with Gasteiger partial charge in [-0.1, -0.05) is 31.8 Å². The number of carbonyl (C=O) groups excluding carboxylic acids is 1. The van der Waals surface area contributed by atoms with E-state index in [-0.39, 0.29) is 36.9 Å². The van der Waals surface area contributed by atoms with Gasteiger partial charge < -0.3 is 24.2 Å². The number of amides is 1. The maximum absolute atomic E-state index is 12.6. The average Bonchev–Trinajstić information content (AvgIpc) is 3.17. The van der Waals surface area contributed by atoms with Crippen molar-refractivity contribution < 1.29 is 24.1 Å². The second-order valence-electron chi connectivity index (χ2n) is 12.2. The topological polar surface area (TPSA) is 110 Å². The van der Waals surface area contributed by atoms with Gasteiger partial charge in [0.15, 0.2) is 5.69 Å². The standard InChI is InChI=1S/C29H38N4O5Si/c1-29(2,3)38-28(35)32-12-11-22(32)18-37-26-16-21(20-7-9-23(34)10-8-20)15-25-27(26)24(17-30)31-33(25)19-36-13-14-39(4,5)6/h7-10,15-16,22,34H,11-14,18-19H2,1-6H3. The molecule has 2 aromatic carbocycles. The molecule has 208 valence electrons. The van der Waals surface area contributed by atoms with E-state index in [1.807, 2.05) is 45.0 Å². The summed E-state index contributed by atoms with van der Waals surface area (Å²) in [5, 5.41) is 24.8. The summed E-state index contributed by atoms with van der Waals surface area (Å²) in [5.41, 5.74) is 2.13. The quantitative estimate of drug-likeness (QED) is 0.258. The van der Waals surface area contributed by atoms with Gasteiger partial charge in [0.05, 0.1) is 16.9 Å². The molecule has 0 radical (unpaired) electrons. The number of ether oxygens (including phenoxy) is 3. The van der Waals surface area contributed by atoms with E-state index in [1.54, 1.807) is 21.7 Å². The Hall–Kier alpha value is -3.55. The maximum atomic E-state index is 12.6. The monoisotopic (exact) mass is 550 g/mol. The number of aromatic nitrogens is 2. The first kappa shape index (κ1) is 28.5. The molecule has 0 saturated carbocycles. The maximum Gasteiger partial charge on any atom is 0.410 e. The number of aromatic hydroxyl groups is 1. The minimum Gasteiger partial charge on any atom is -0.508 e. The molecule has 1 amide bonds. The number of hydrogen-bond acceptors (Lipinski definition) is 7. The van der Waals surface area contributed by atoms with Crippen molar-refractivity contribution in [2.24, 2.45) is 0 Å². The largest absolute Gasteiger partial charge is 0.508 e. The Balaban J connectivity index is 1.64. The number of phenolic OH excluding ortho intramolecular Hbond substituents is 1. The molecule has 9 nitrogen and oxygen atoms in total. The Labute approximate surface area is 230 Å². The van der Waals surface area contributed by atoms with Gasteiger partial charge in [-0.15, -0.1) is 0 Å². The molecule has 0 spiro atoms. The van der Waals surface area contributed by atoms with Crippen molar-refractivity contribution in [3.8, 4) is 28.7 Å². The lowest BCUT2D eigenvalue weighted by Crippen LogP contribution is -2.55. The van der Waals surface area contributed by atoms with E-state index in [0.717, 1.165) is 29.1 Å². The fraction of sp³-hybridized carbons (Fsp3) is 0.483. The Morgan fingerprint density at radius 2 is 1.90 bits per heavy atom. The van der Waals surface area contributed by atoms with Gasteiger partial charge in [-0.25, -0.2) is 9.48 Å². The number of phenols is 1. The number of rotatable bonds is 9. The number of nitriles is 1. The third kappa shape index (κ3) is 7.10. The smallest absolute Gasteiger partial charge is 0.410 e. The van der Waals surface area contributed by atoms with Crippen LogP contribution in [0.4, 0.5) is 4.79 Å². The van der Waals surface area contributed by atoms with Gasteiger partial charge in [-0.3, -0.25) is 0 Å². The molecule has 3 aromatic rings. The predicted octanol–water partition coefficient (Wildman–Crippen LogP) is 5.98. The molecule has 4 rings (SSSR count). The van der Waals surface area contributed by atoms with Gasteiger partial charge in [-0.05, 0) is 68.6 Å². The van der Waals surface area contributed by atoms with Crippen molar-refractivity contribution in [2.75, 3.05) is 19.8 Å².